The topological polar surface area (TPSA) is 21.3 Å². The third-order valence-electron chi connectivity index (χ3n) is 3.28. The van der Waals surface area contributed by atoms with Gasteiger partial charge < -0.3 is 10.1 Å². The fraction of sp³-hybridized carbons (Fsp3) is 0.467. The lowest BCUT2D eigenvalue weighted by atomic mass is 10.0. The number of benzene rings is 1. The highest BCUT2D eigenvalue weighted by atomic mass is 16.5. The van der Waals surface area contributed by atoms with E-state index in [0.29, 0.717) is 6.04 Å². The highest BCUT2D eigenvalue weighted by Gasteiger charge is 2.31. The number of rotatable bonds is 7. The first-order valence-electron chi connectivity index (χ1n) is 6.33. The molecule has 1 fully saturated rings. The van der Waals surface area contributed by atoms with Gasteiger partial charge in [0, 0.05) is 6.04 Å². The molecule has 0 bridgehead atoms. The Bertz CT molecular complexity index is 354. The molecule has 0 aromatic heterocycles. The minimum Gasteiger partial charge on any atom is -0.497 e. The smallest absolute Gasteiger partial charge is 0.118 e. The van der Waals surface area contributed by atoms with Gasteiger partial charge in [0.1, 0.15) is 5.75 Å². The van der Waals surface area contributed by atoms with E-state index in [0.717, 1.165) is 24.6 Å². The van der Waals surface area contributed by atoms with Crippen molar-refractivity contribution in [2.75, 3.05) is 13.7 Å². The maximum atomic E-state index is 5.19. The van der Waals surface area contributed by atoms with Gasteiger partial charge in [-0.05, 0) is 49.4 Å². The van der Waals surface area contributed by atoms with Crippen LogP contribution in [0.5, 0.6) is 5.75 Å². The van der Waals surface area contributed by atoms with Crippen LogP contribution >= 0.6 is 0 Å². The van der Waals surface area contributed by atoms with E-state index in [2.05, 4.69) is 24.0 Å². The summed E-state index contributed by atoms with van der Waals surface area (Å²) in [5, 5.41) is 3.62. The lowest BCUT2D eigenvalue weighted by molar-refractivity contribution is 0.414. The molecule has 1 unspecified atom stereocenters. The monoisotopic (exact) mass is 231 g/mol. The van der Waals surface area contributed by atoms with Gasteiger partial charge in [-0.2, -0.15) is 0 Å². The van der Waals surface area contributed by atoms with Gasteiger partial charge in [0.25, 0.3) is 0 Å². The largest absolute Gasteiger partial charge is 0.497 e. The Labute approximate surface area is 104 Å². The quantitative estimate of drug-likeness (QED) is 0.574. The average Bonchev–Trinajstić information content (AvgIpc) is 3.19. The first-order valence-corrected chi connectivity index (χ1v) is 6.33. The van der Waals surface area contributed by atoms with Crippen LogP contribution in [0, 0.1) is 5.92 Å². The number of hydrogen-bond acceptors (Lipinski definition) is 2. The van der Waals surface area contributed by atoms with Gasteiger partial charge in [0.15, 0.2) is 0 Å². The van der Waals surface area contributed by atoms with Gasteiger partial charge in [-0.15, -0.1) is 6.58 Å². The molecule has 0 amide bonds. The van der Waals surface area contributed by atoms with Crippen molar-refractivity contribution >= 4 is 0 Å². The molecule has 92 valence electrons. The summed E-state index contributed by atoms with van der Waals surface area (Å²) in [6.07, 6.45) is 5.68. The van der Waals surface area contributed by atoms with Crippen molar-refractivity contribution in [3.8, 4) is 5.75 Å². The summed E-state index contributed by atoms with van der Waals surface area (Å²) in [5.74, 6) is 1.74. The van der Waals surface area contributed by atoms with Crippen molar-refractivity contribution in [3.63, 3.8) is 0 Å². The van der Waals surface area contributed by atoms with Crippen molar-refractivity contribution in [2.45, 2.75) is 25.3 Å². The lowest BCUT2D eigenvalue weighted by Gasteiger charge is -2.18. The molecule has 0 aliphatic heterocycles. The van der Waals surface area contributed by atoms with E-state index in [9.17, 15) is 0 Å². The zero-order valence-corrected chi connectivity index (χ0v) is 10.5. The van der Waals surface area contributed by atoms with Crippen LogP contribution in [0.2, 0.25) is 0 Å². The zero-order chi connectivity index (χ0) is 12.1. The second-order valence-electron chi connectivity index (χ2n) is 4.62. The molecule has 1 N–H and O–H groups in total. The molecule has 1 aliphatic carbocycles. The Morgan fingerprint density at radius 2 is 2.12 bits per heavy atom. The third kappa shape index (κ3) is 3.34. The molecule has 0 radical (unpaired) electrons. The van der Waals surface area contributed by atoms with Gasteiger partial charge in [-0.25, -0.2) is 0 Å². The van der Waals surface area contributed by atoms with E-state index in [1.165, 1.54) is 18.4 Å². The normalized spacial score (nSPS) is 16.5. The lowest BCUT2D eigenvalue weighted by Crippen LogP contribution is -2.23. The van der Waals surface area contributed by atoms with Gasteiger partial charge in [-0.3, -0.25) is 0 Å². The summed E-state index contributed by atoms with van der Waals surface area (Å²) in [7, 11) is 1.70. The molecule has 1 atom stereocenters. The summed E-state index contributed by atoms with van der Waals surface area (Å²) >= 11 is 0. The second kappa shape index (κ2) is 5.87. The molecule has 0 heterocycles. The van der Waals surface area contributed by atoms with Crippen LogP contribution in [-0.2, 0) is 0 Å². The van der Waals surface area contributed by atoms with Crippen molar-refractivity contribution in [3.05, 3.63) is 42.5 Å². The molecule has 0 spiro atoms. The number of methoxy groups -OCH3 is 1. The molecule has 1 aromatic carbocycles. The Morgan fingerprint density at radius 3 is 2.65 bits per heavy atom. The minimum absolute atomic E-state index is 0.501. The maximum Gasteiger partial charge on any atom is 0.118 e. The van der Waals surface area contributed by atoms with Gasteiger partial charge in [0.05, 0.1) is 7.11 Å². The standard InChI is InChI=1S/C15H21NO/c1-3-4-11-16-15(12-5-6-12)13-7-9-14(17-2)10-8-13/h3,7-10,12,15-16H,1,4-6,11H2,2H3. The predicted octanol–water partition coefficient (Wildman–Crippen LogP) is 3.31. The number of hydrogen-bond donors (Lipinski definition) is 1. The summed E-state index contributed by atoms with van der Waals surface area (Å²) in [6.45, 7) is 4.77. The van der Waals surface area contributed by atoms with Gasteiger partial charge in [-0.1, -0.05) is 18.2 Å². The Kier molecular flexibility index (Phi) is 4.21. The van der Waals surface area contributed by atoms with Crippen molar-refractivity contribution in [1.29, 1.82) is 0 Å². The summed E-state index contributed by atoms with van der Waals surface area (Å²) in [5.41, 5.74) is 1.37. The van der Waals surface area contributed by atoms with Crippen molar-refractivity contribution < 1.29 is 4.74 Å². The molecule has 17 heavy (non-hydrogen) atoms. The van der Waals surface area contributed by atoms with Crippen LogP contribution in [0.1, 0.15) is 30.9 Å². The number of nitrogens with one attached hydrogen (secondary N) is 1. The SMILES string of the molecule is C=CCCNC(c1ccc(OC)cc1)C1CC1. The highest BCUT2D eigenvalue weighted by molar-refractivity contribution is 5.30. The summed E-state index contributed by atoms with van der Waals surface area (Å²) in [4.78, 5) is 0. The second-order valence-corrected chi connectivity index (χ2v) is 4.62. The van der Waals surface area contributed by atoms with Gasteiger partial charge >= 0.3 is 0 Å². The van der Waals surface area contributed by atoms with Crippen LogP contribution in [0.3, 0.4) is 0 Å². The molecular weight excluding hydrogens is 210 g/mol. The van der Waals surface area contributed by atoms with Crippen LogP contribution in [0.4, 0.5) is 0 Å². The molecule has 1 saturated carbocycles. The molecule has 0 saturated heterocycles. The average molecular weight is 231 g/mol. The first-order chi connectivity index (χ1) is 8.35. The fourth-order valence-electron chi connectivity index (χ4n) is 2.14. The van der Waals surface area contributed by atoms with E-state index >= 15 is 0 Å². The molecule has 1 aliphatic rings. The maximum absolute atomic E-state index is 5.19. The highest BCUT2D eigenvalue weighted by Crippen LogP contribution is 2.41. The Morgan fingerprint density at radius 1 is 1.41 bits per heavy atom. The van der Waals surface area contributed by atoms with E-state index in [4.69, 9.17) is 4.74 Å². The Hall–Kier alpha value is -1.28. The van der Waals surface area contributed by atoms with Crippen LogP contribution in [-0.4, -0.2) is 13.7 Å². The summed E-state index contributed by atoms with van der Waals surface area (Å²) < 4.78 is 5.19. The zero-order valence-electron chi connectivity index (χ0n) is 10.5. The third-order valence-corrected chi connectivity index (χ3v) is 3.28. The molecule has 2 nitrogen and oxygen atoms in total. The van der Waals surface area contributed by atoms with Crippen molar-refractivity contribution in [1.82, 2.24) is 5.32 Å². The van der Waals surface area contributed by atoms with E-state index in [1.807, 2.05) is 18.2 Å². The fourth-order valence-corrected chi connectivity index (χ4v) is 2.14. The van der Waals surface area contributed by atoms with Gasteiger partial charge in [0.2, 0.25) is 0 Å². The predicted molar refractivity (Wildman–Crippen MR) is 71.3 cm³/mol. The van der Waals surface area contributed by atoms with E-state index < -0.39 is 0 Å². The van der Waals surface area contributed by atoms with Crippen LogP contribution < -0.4 is 10.1 Å². The van der Waals surface area contributed by atoms with E-state index in [1.54, 1.807) is 7.11 Å². The van der Waals surface area contributed by atoms with E-state index in [-0.39, 0.29) is 0 Å². The molecular formula is C15H21NO. The van der Waals surface area contributed by atoms with Crippen molar-refractivity contribution in [2.24, 2.45) is 5.92 Å². The number of ether oxygens (including phenoxy) is 1. The van der Waals surface area contributed by atoms with Crippen LogP contribution in [0.15, 0.2) is 36.9 Å². The first kappa shape index (κ1) is 12.2. The molecule has 1 aromatic rings. The Balaban J connectivity index is 2.00. The molecule has 2 rings (SSSR count). The minimum atomic E-state index is 0.501. The summed E-state index contributed by atoms with van der Waals surface area (Å²) in [6, 6.07) is 8.92. The molecule has 2 heteroatoms. The van der Waals surface area contributed by atoms with Crippen LogP contribution in [0.25, 0.3) is 0 Å².